The fraction of sp³-hybridized carbons (Fsp3) is 0.364. The molecule has 1 aromatic carbocycles. The van der Waals surface area contributed by atoms with Gasteiger partial charge in [0.1, 0.15) is 6.29 Å². The zero-order valence-corrected chi connectivity index (χ0v) is 10.9. The normalized spacial score (nSPS) is 10.3. The molecular formula is C11H13BrO2S. The smallest absolute Gasteiger partial charge is 0.150 e. The molecule has 0 saturated carbocycles. The Kier molecular flexibility index (Phi) is 5.98. The molecule has 0 heterocycles. The van der Waals surface area contributed by atoms with Gasteiger partial charge in [-0.05, 0) is 34.5 Å². The molecule has 0 aliphatic rings. The summed E-state index contributed by atoms with van der Waals surface area (Å²) in [6, 6.07) is 5.63. The predicted molar refractivity (Wildman–Crippen MR) is 66.7 cm³/mol. The van der Waals surface area contributed by atoms with Crippen molar-refractivity contribution in [2.24, 2.45) is 0 Å². The molecule has 0 radical (unpaired) electrons. The summed E-state index contributed by atoms with van der Waals surface area (Å²) in [5.41, 5.74) is 0.697. The maximum Gasteiger partial charge on any atom is 0.150 e. The Morgan fingerprint density at radius 2 is 2.33 bits per heavy atom. The largest absolute Gasteiger partial charge is 0.385 e. The number of benzene rings is 1. The summed E-state index contributed by atoms with van der Waals surface area (Å²) in [4.78, 5) is 11.7. The lowest BCUT2D eigenvalue weighted by Gasteiger charge is -2.04. The predicted octanol–water partition coefficient (Wildman–Crippen LogP) is 3.39. The Bertz CT molecular complexity index is 328. The highest BCUT2D eigenvalue weighted by atomic mass is 79.9. The van der Waals surface area contributed by atoms with Crippen LogP contribution in [-0.2, 0) is 4.74 Å². The average Bonchev–Trinajstić information content (AvgIpc) is 2.26. The monoisotopic (exact) mass is 288 g/mol. The summed E-state index contributed by atoms with van der Waals surface area (Å²) in [5.74, 6) is 1.02. The molecule has 0 aliphatic heterocycles. The van der Waals surface area contributed by atoms with E-state index in [4.69, 9.17) is 4.74 Å². The van der Waals surface area contributed by atoms with Crippen LogP contribution in [-0.4, -0.2) is 25.8 Å². The first kappa shape index (κ1) is 12.7. The SMILES string of the molecule is COCCCSc1ccc(C=O)cc1Br. The summed E-state index contributed by atoms with van der Waals surface area (Å²) in [6.45, 7) is 0.789. The molecule has 0 N–H and O–H groups in total. The quantitative estimate of drug-likeness (QED) is 0.456. The number of thioether (sulfide) groups is 1. The van der Waals surface area contributed by atoms with Gasteiger partial charge in [0, 0.05) is 34.4 Å². The molecule has 0 spiro atoms. The molecule has 2 nitrogen and oxygen atoms in total. The summed E-state index contributed by atoms with van der Waals surface area (Å²) < 4.78 is 5.96. The molecule has 0 aromatic heterocycles. The van der Waals surface area contributed by atoms with Gasteiger partial charge in [-0.15, -0.1) is 11.8 Å². The Hall–Kier alpha value is -0.320. The number of carbonyl (C=O) groups is 1. The number of methoxy groups -OCH3 is 1. The van der Waals surface area contributed by atoms with Gasteiger partial charge >= 0.3 is 0 Å². The Morgan fingerprint density at radius 1 is 1.53 bits per heavy atom. The minimum Gasteiger partial charge on any atom is -0.385 e. The number of halogens is 1. The van der Waals surface area contributed by atoms with Crippen LogP contribution in [0.15, 0.2) is 27.6 Å². The summed E-state index contributed by atoms with van der Waals surface area (Å²) in [5, 5.41) is 0. The van der Waals surface area contributed by atoms with Crippen LogP contribution in [0, 0.1) is 0 Å². The first-order chi connectivity index (χ1) is 7.27. The second kappa shape index (κ2) is 7.04. The van der Waals surface area contributed by atoms with Crippen molar-refractivity contribution < 1.29 is 9.53 Å². The average molecular weight is 289 g/mol. The molecule has 0 bridgehead atoms. The van der Waals surface area contributed by atoms with E-state index in [0.717, 1.165) is 34.4 Å². The highest BCUT2D eigenvalue weighted by Crippen LogP contribution is 2.28. The van der Waals surface area contributed by atoms with E-state index in [9.17, 15) is 4.79 Å². The molecule has 0 saturated heterocycles. The standard InChI is InChI=1S/C11H13BrO2S/c1-14-5-2-6-15-11-4-3-9(8-13)7-10(11)12/h3-4,7-8H,2,5-6H2,1H3. The fourth-order valence-electron chi connectivity index (χ4n) is 1.09. The lowest BCUT2D eigenvalue weighted by Crippen LogP contribution is -1.90. The highest BCUT2D eigenvalue weighted by molar-refractivity contribution is 9.10. The van der Waals surface area contributed by atoms with E-state index in [1.807, 2.05) is 18.2 Å². The van der Waals surface area contributed by atoms with E-state index in [-0.39, 0.29) is 0 Å². The zero-order valence-electron chi connectivity index (χ0n) is 8.53. The van der Waals surface area contributed by atoms with Crippen LogP contribution in [0.1, 0.15) is 16.8 Å². The number of aldehydes is 1. The van der Waals surface area contributed by atoms with E-state index in [1.54, 1.807) is 18.9 Å². The van der Waals surface area contributed by atoms with Gasteiger partial charge in [0.05, 0.1) is 0 Å². The van der Waals surface area contributed by atoms with Crippen molar-refractivity contribution in [1.29, 1.82) is 0 Å². The van der Waals surface area contributed by atoms with Crippen molar-refractivity contribution in [3.05, 3.63) is 28.2 Å². The molecule has 0 atom stereocenters. The third kappa shape index (κ3) is 4.36. The molecular weight excluding hydrogens is 276 g/mol. The number of hydrogen-bond donors (Lipinski definition) is 0. The first-order valence-corrected chi connectivity index (χ1v) is 6.42. The van der Waals surface area contributed by atoms with Crippen LogP contribution in [0.3, 0.4) is 0 Å². The number of rotatable bonds is 6. The molecule has 1 rings (SSSR count). The van der Waals surface area contributed by atoms with Crippen LogP contribution in [0.5, 0.6) is 0 Å². The van der Waals surface area contributed by atoms with E-state index in [0.29, 0.717) is 5.56 Å². The van der Waals surface area contributed by atoms with Crippen LogP contribution >= 0.6 is 27.7 Å². The topological polar surface area (TPSA) is 26.3 Å². The van der Waals surface area contributed by atoms with Gasteiger partial charge in [0.25, 0.3) is 0 Å². The lowest BCUT2D eigenvalue weighted by molar-refractivity contribution is 0.112. The molecule has 82 valence electrons. The van der Waals surface area contributed by atoms with Gasteiger partial charge in [-0.3, -0.25) is 4.79 Å². The molecule has 4 heteroatoms. The minimum absolute atomic E-state index is 0.697. The molecule has 15 heavy (non-hydrogen) atoms. The van der Waals surface area contributed by atoms with Gasteiger partial charge in [-0.2, -0.15) is 0 Å². The van der Waals surface area contributed by atoms with E-state index < -0.39 is 0 Å². The van der Waals surface area contributed by atoms with Crippen molar-refractivity contribution in [1.82, 2.24) is 0 Å². The van der Waals surface area contributed by atoms with Crippen molar-refractivity contribution in [3.63, 3.8) is 0 Å². The second-order valence-electron chi connectivity index (χ2n) is 3.00. The molecule has 0 amide bonds. The minimum atomic E-state index is 0.697. The summed E-state index contributed by atoms with van der Waals surface area (Å²) in [7, 11) is 1.71. The third-order valence-electron chi connectivity index (χ3n) is 1.84. The molecule has 0 fully saturated rings. The van der Waals surface area contributed by atoms with E-state index in [2.05, 4.69) is 15.9 Å². The number of ether oxygens (including phenoxy) is 1. The second-order valence-corrected chi connectivity index (χ2v) is 4.99. The van der Waals surface area contributed by atoms with Crippen LogP contribution in [0.4, 0.5) is 0 Å². The van der Waals surface area contributed by atoms with Gasteiger partial charge < -0.3 is 4.74 Å². The maximum absolute atomic E-state index is 10.5. The molecule has 1 aromatic rings. The third-order valence-corrected chi connectivity index (χ3v) is 3.92. The highest BCUT2D eigenvalue weighted by Gasteiger charge is 2.01. The summed E-state index contributed by atoms with van der Waals surface area (Å²) >= 11 is 5.21. The maximum atomic E-state index is 10.5. The number of carbonyl (C=O) groups excluding carboxylic acids is 1. The van der Waals surface area contributed by atoms with Gasteiger partial charge in [0.2, 0.25) is 0 Å². The van der Waals surface area contributed by atoms with E-state index in [1.165, 1.54) is 0 Å². The van der Waals surface area contributed by atoms with Crippen molar-refractivity contribution in [3.8, 4) is 0 Å². The first-order valence-electron chi connectivity index (χ1n) is 4.64. The fourth-order valence-corrected chi connectivity index (χ4v) is 2.68. The van der Waals surface area contributed by atoms with Crippen LogP contribution in [0.25, 0.3) is 0 Å². The van der Waals surface area contributed by atoms with Gasteiger partial charge in [-0.1, -0.05) is 6.07 Å². The molecule has 0 unspecified atom stereocenters. The van der Waals surface area contributed by atoms with Crippen molar-refractivity contribution in [2.45, 2.75) is 11.3 Å². The van der Waals surface area contributed by atoms with Crippen molar-refractivity contribution >= 4 is 34.0 Å². The van der Waals surface area contributed by atoms with E-state index >= 15 is 0 Å². The summed E-state index contributed by atoms with van der Waals surface area (Å²) in [6.07, 6.45) is 1.88. The number of hydrogen-bond acceptors (Lipinski definition) is 3. The van der Waals surface area contributed by atoms with Crippen LogP contribution < -0.4 is 0 Å². The Labute approximate surface area is 103 Å². The Balaban J connectivity index is 2.50. The molecule has 0 aliphatic carbocycles. The van der Waals surface area contributed by atoms with Crippen molar-refractivity contribution in [2.75, 3.05) is 19.5 Å². The lowest BCUT2D eigenvalue weighted by atomic mass is 10.2. The zero-order chi connectivity index (χ0) is 11.1. The van der Waals surface area contributed by atoms with Gasteiger partial charge in [0.15, 0.2) is 0 Å². The van der Waals surface area contributed by atoms with Gasteiger partial charge in [-0.25, -0.2) is 0 Å². The van der Waals surface area contributed by atoms with Crippen LogP contribution in [0.2, 0.25) is 0 Å². The Morgan fingerprint density at radius 3 is 2.93 bits per heavy atom.